The molecule has 0 amide bonds. The summed E-state index contributed by atoms with van der Waals surface area (Å²) in [5.74, 6) is 3.69. The fourth-order valence-corrected chi connectivity index (χ4v) is 12.5. The monoisotopic (exact) mass is 1430 g/mol. The van der Waals surface area contributed by atoms with Crippen molar-refractivity contribution < 1.29 is 28.5 Å². The molecule has 0 spiro atoms. The van der Waals surface area contributed by atoms with Gasteiger partial charge in [-0.05, 0) is 88.7 Å². The summed E-state index contributed by atoms with van der Waals surface area (Å²) < 4.78 is 12.1. The summed E-state index contributed by atoms with van der Waals surface area (Å²) in [5, 5.41) is 24.3. The van der Waals surface area contributed by atoms with Crippen LogP contribution in [0.3, 0.4) is 0 Å². The van der Waals surface area contributed by atoms with Crippen LogP contribution < -0.4 is 23.9 Å². The molecule has 10 aromatic carbocycles. The molecule has 0 aliphatic rings. The minimum absolute atomic E-state index is 0.190. The van der Waals surface area contributed by atoms with Gasteiger partial charge in [0.1, 0.15) is 0 Å². The third-order valence-corrected chi connectivity index (χ3v) is 16.3. The summed E-state index contributed by atoms with van der Waals surface area (Å²) in [6.45, 7) is 0. The average Bonchev–Trinajstić information content (AvgIpc) is 4.35. The maximum atomic E-state index is 9.15. The Bertz CT molecular complexity index is 4420. The van der Waals surface area contributed by atoms with E-state index in [1.54, 1.807) is 17.4 Å². The van der Waals surface area contributed by atoms with Crippen molar-refractivity contribution in [2.45, 2.75) is 0 Å². The van der Waals surface area contributed by atoms with E-state index in [2.05, 4.69) is 110 Å². The van der Waals surface area contributed by atoms with E-state index in [4.69, 9.17) is 48.8 Å². The maximum absolute atomic E-state index is 9.15. The van der Waals surface area contributed by atoms with Crippen LogP contribution >= 0.6 is 80.4 Å². The Kier molecular flexibility index (Phi) is 18.1. The number of halogens is 5. The zero-order valence-corrected chi connectivity index (χ0v) is 52.0. The summed E-state index contributed by atoms with van der Waals surface area (Å²) in [6.07, 6.45) is 0. The van der Waals surface area contributed by atoms with E-state index in [0.29, 0.717) is 50.5 Å². The number of thiophene rings is 2. The summed E-state index contributed by atoms with van der Waals surface area (Å²) in [5.41, 5.74) is 8.09. The standard InChI is InChI=1S/C33H20ClN3S.C21H13BrClN3.C12H9BO2S.HI2/c34-26-18-24(23-15-16-30-28(20-23)27-13-7-8-14-29(27)38-30)17-25(19-26)33-36-31(21-9-3-1-4-10-21)35-32(37-33)22-11-5-2-6-12-22;22-17-11-16(12-18(23)13-17)21-25-19(14-7-3-1-4-8-14)24-20(26-21)15-9-5-2-6-10-15;14-13(15)8-5-6-12-10(7-8)9-3-1-2-4-11(9)16-12;1-2/h1-20H;1-13H;1-7,14-15H;1H/q;;;-1/i;;;1D. The predicted molar refractivity (Wildman–Crippen MR) is 353 cm³/mol. The quantitative estimate of drug-likeness (QED) is 0.114. The molecule has 82 heavy (non-hydrogen) atoms. The number of rotatable bonds is 8. The molecule has 0 radical (unpaired) electrons. The molecule has 0 fully saturated rings. The summed E-state index contributed by atoms with van der Waals surface area (Å²) in [6, 6.07) is 80.2. The molecule has 8 nitrogen and oxygen atoms in total. The number of benzene rings is 10. The van der Waals surface area contributed by atoms with E-state index in [1.165, 1.54) is 35.0 Å². The van der Waals surface area contributed by atoms with Gasteiger partial charge < -0.3 is 10.0 Å². The third-order valence-electron chi connectivity index (χ3n) is 13.1. The van der Waals surface area contributed by atoms with Gasteiger partial charge in [0.15, 0.2) is 34.9 Å². The molecule has 4 aromatic heterocycles. The first-order valence-corrected chi connectivity index (χ1v) is 35.0. The topological polar surface area (TPSA) is 118 Å². The van der Waals surface area contributed by atoms with Gasteiger partial charge in [0.05, 0.1) is 0 Å². The number of hydrogen-bond acceptors (Lipinski definition) is 10. The van der Waals surface area contributed by atoms with Crippen molar-refractivity contribution in [3.05, 3.63) is 257 Å². The predicted octanol–water partition coefficient (Wildman–Crippen LogP) is 15.2. The molecule has 0 aliphatic heterocycles. The number of hydrogen-bond donors (Lipinski definition) is 2. The fourth-order valence-electron chi connectivity index (χ4n) is 9.25. The Balaban J connectivity index is 0.000000138. The number of aromatic nitrogens is 6. The molecule has 14 aromatic rings. The Morgan fingerprint density at radius 1 is 0.366 bits per heavy atom. The van der Waals surface area contributed by atoms with Gasteiger partial charge in [0.25, 0.3) is 0 Å². The molecule has 0 saturated heterocycles. The first kappa shape index (κ1) is 55.7. The Morgan fingerprint density at radius 2 is 0.707 bits per heavy atom. The van der Waals surface area contributed by atoms with E-state index in [1.807, 2.05) is 187 Å². The molecular weight excluding hydrogens is 1390 g/mol. The first-order chi connectivity index (χ1) is 40.6. The van der Waals surface area contributed by atoms with E-state index >= 15 is 0 Å². The molecule has 0 aliphatic carbocycles. The molecule has 4 heterocycles. The van der Waals surface area contributed by atoms with Crippen LogP contribution in [0.5, 0.6) is 0 Å². The first-order valence-electron chi connectivity index (χ1n) is 25.9. The van der Waals surface area contributed by atoms with Crippen molar-refractivity contribution in [3.8, 4) is 79.5 Å². The molecular formula is C66H43BBrCl2I2N6O2S2-. The Labute approximate surface area is 523 Å². The van der Waals surface area contributed by atoms with Gasteiger partial charge in [-0.3, -0.25) is 0 Å². The number of nitrogens with zero attached hydrogens (tertiary/aromatic N) is 6. The second kappa shape index (κ2) is 26.6. The van der Waals surface area contributed by atoms with Crippen LogP contribution in [0.4, 0.5) is 0 Å². The van der Waals surface area contributed by atoms with Crippen molar-refractivity contribution in [1.82, 2.24) is 29.9 Å². The van der Waals surface area contributed by atoms with Crippen LogP contribution in [-0.2, 0) is 0 Å². The SMILES string of the molecule is Clc1cc(-c2ccc3sc4ccccc4c3c2)cc(-c2nc(-c3ccccc3)nc(-c3ccccc3)n2)c1.Clc1cc(Br)cc(-c2nc(-c3ccccc3)nc(-c3ccccc3)n2)c1.OB(O)c1ccc2sc3ccccc3c2c1.[2H][I-]I. The molecule has 0 saturated carbocycles. The van der Waals surface area contributed by atoms with Crippen LogP contribution in [0.25, 0.3) is 120 Å². The van der Waals surface area contributed by atoms with Gasteiger partial charge >= 0.3 is 44.7 Å². The van der Waals surface area contributed by atoms with Crippen LogP contribution in [0.2, 0.25) is 10.0 Å². The van der Waals surface area contributed by atoms with Crippen LogP contribution in [0, 0.1) is 0 Å². The van der Waals surface area contributed by atoms with Gasteiger partial charge in [0, 0.05) is 82.9 Å². The zero-order valence-electron chi connectivity index (χ0n) is 44.0. The number of fused-ring (bicyclic) bond motifs is 6. The van der Waals surface area contributed by atoms with E-state index < -0.39 is 7.12 Å². The molecule has 16 heteroatoms. The minimum atomic E-state index is -1.40. The van der Waals surface area contributed by atoms with Gasteiger partial charge in [0.2, 0.25) is 0 Å². The molecule has 14 rings (SSSR count). The zero-order chi connectivity index (χ0) is 57.2. The molecule has 0 atom stereocenters. The molecule has 2 N–H and O–H groups in total. The normalized spacial score (nSPS) is 11.1. The van der Waals surface area contributed by atoms with Crippen molar-refractivity contribution in [2.75, 3.05) is 0 Å². The van der Waals surface area contributed by atoms with Crippen molar-refractivity contribution in [3.63, 3.8) is 0 Å². The average molecular weight is 1430 g/mol. The van der Waals surface area contributed by atoms with Gasteiger partial charge in [-0.15, -0.1) is 22.7 Å². The van der Waals surface area contributed by atoms with E-state index in [-0.39, 0.29) is 18.4 Å². The summed E-state index contributed by atoms with van der Waals surface area (Å²) in [7, 11) is -1.40. The second-order valence-corrected chi connectivity index (χ2v) is 22.5. The molecule has 0 bridgehead atoms. The van der Waals surface area contributed by atoms with Crippen molar-refractivity contribution in [2.24, 2.45) is 0 Å². The summed E-state index contributed by atoms with van der Waals surface area (Å²) in [4.78, 5) is 28.6. The van der Waals surface area contributed by atoms with E-state index in [9.17, 15) is 0 Å². The molecule has 400 valence electrons. The van der Waals surface area contributed by atoms with Crippen molar-refractivity contribution >= 4 is 133 Å². The second-order valence-electron chi connectivity index (χ2n) is 18.5. The van der Waals surface area contributed by atoms with Gasteiger partial charge in [-0.25, -0.2) is 29.9 Å². The Morgan fingerprint density at radius 3 is 1.13 bits per heavy atom. The summed E-state index contributed by atoms with van der Waals surface area (Å²) >= 11 is 21.8. The van der Waals surface area contributed by atoms with E-state index in [0.717, 1.165) is 54.4 Å². The third kappa shape index (κ3) is 13.3. The molecule has 0 unspecified atom stereocenters. The van der Waals surface area contributed by atoms with Gasteiger partial charge in [-0.1, -0.05) is 215 Å². The van der Waals surface area contributed by atoms with Crippen LogP contribution in [-0.4, -0.2) is 47.7 Å². The fraction of sp³-hybridized carbons (Fsp3) is 0. The van der Waals surface area contributed by atoms with Crippen LogP contribution in [0.15, 0.2) is 247 Å². The van der Waals surface area contributed by atoms with Crippen molar-refractivity contribution in [1.29, 1.82) is 0.594 Å². The Hall–Kier alpha value is -6.84. The van der Waals surface area contributed by atoms with Crippen LogP contribution in [0.1, 0.15) is 0 Å². The van der Waals surface area contributed by atoms with Gasteiger partial charge in [-0.2, -0.15) is 0 Å².